The number of morpholine rings is 1. The molecule has 4 heterocycles. The van der Waals surface area contributed by atoms with Crippen LogP contribution in [0.2, 0.25) is 0 Å². The van der Waals surface area contributed by atoms with Gasteiger partial charge in [0.25, 0.3) is 5.91 Å². The SMILES string of the molecule is CCNC(=O)c1cccc(-c2cc3nc(-c4cccc5[nH]ncc45)nc(N4CCOCC4)c3s2)c1. The smallest absolute Gasteiger partial charge is 0.251 e. The maximum Gasteiger partial charge on any atom is 0.251 e. The molecular formula is C26H24N6O2S. The van der Waals surface area contributed by atoms with E-state index < -0.39 is 0 Å². The lowest BCUT2D eigenvalue weighted by atomic mass is 10.1. The average molecular weight is 485 g/mol. The van der Waals surface area contributed by atoms with Crippen molar-refractivity contribution in [3.8, 4) is 21.8 Å². The maximum absolute atomic E-state index is 12.4. The van der Waals surface area contributed by atoms with Crippen LogP contribution < -0.4 is 10.2 Å². The van der Waals surface area contributed by atoms with Crippen molar-refractivity contribution in [3.05, 3.63) is 60.3 Å². The molecule has 1 saturated heterocycles. The third-order valence-electron chi connectivity index (χ3n) is 6.14. The van der Waals surface area contributed by atoms with Gasteiger partial charge in [0.05, 0.1) is 35.1 Å². The number of rotatable bonds is 5. The Bertz CT molecular complexity index is 1540. The number of H-pyrrole nitrogens is 1. The van der Waals surface area contributed by atoms with E-state index in [1.54, 1.807) is 11.3 Å². The topological polar surface area (TPSA) is 96.0 Å². The summed E-state index contributed by atoms with van der Waals surface area (Å²) in [4.78, 5) is 25.8. The molecule has 0 atom stereocenters. The lowest BCUT2D eigenvalue weighted by Gasteiger charge is -2.28. The molecule has 6 rings (SSSR count). The zero-order valence-corrected chi connectivity index (χ0v) is 20.1. The average Bonchev–Trinajstić information content (AvgIpc) is 3.56. The Morgan fingerprint density at radius 3 is 2.86 bits per heavy atom. The van der Waals surface area contributed by atoms with Crippen molar-refractivity contribution in [1.82, 2.24) is 25.5 Å². The van der Waals surface area contributed by atoms with Crippen molar-refractivity contribution < 1.29 is 9.53 Å². The van der Waals surface area contributed by atoms with Crippen LogP contribution in [0.25, 0.3) is 42.9 Å². The molecule has 1 amide bonds. The monoisotopic (exact) mass is 484 g/mol. The van der Waals surface area contributed by atoms with Crippen molar-refractivity contribution in [2.45, 2.75) is 6.92 Å². The third-order valence-corrected chi connectivity index (χ3v) is 7.31. The Hall–Kier alpha value is -3.82. The lowest BCUT2D eigenvalue weighted by molar-refractivity contribution is 0.0956. The number of benzene rings is 2. The maximum atomic E-state index is 12.4. The first-order valence-corrected chi connectivity index (χ1v) is 12.5. The first kappa shape index (κ1) is 21.7. The minimum absolute atomic E-state index is 0.0697. The molecule has 2 aromatic carbocycles. The highest BCUT2D eigenvalue weighted by Gasteiger charge is 2.21. The van der Waals surface area contributed by atoms with Crippen molar-refractivity contribution in [2.75, 3.05) is 37.7 Å². The number of nitrogens with zero attached hydrogens (tertiary/aromatic N) is 4. The summed E-state index contributed by atoms with van der Waals surface area (Å²) in [6.07, 6.45) is 1.82. The standard InChI is InChI=1S/C26H24N6O2S/c1-2-27-26(33)17-6-3-5-16(13-17)22-14-21-23(35-22)25(32-9-11-34-12-10-32)30-24(29-21)18-7-4-8-20-19(18)15-28-31-20/h3-8,13-15H,2,9-12H2,1H3,(H,27,33)(H,28,31). The fourth-order valence-corrected chi connectivity index (χ4v) is 5.52. The summed E-state index contributed by atoms with van der Waals surface area (Å²) < 4.78 is 6.63. The molecule has 0 radical (unpaired) electrons. The summed E-state index contributed by atoms with van der Waals surface area (Å²) in [6, 6.07) is 15.8. The number of aromatic amines is 1. The number of ether oxygens (including phenoxy) is 1. The van der Waals surface area contributed by atoms with Gasteiger partial charge >= 0.3 is 0 Å². The second-order valence-electron chi connectivity index (χ2n) is 8.37. The van der Waals surface area contributed by atoms with E-state index in [4.69, 9.17) is 14.7 Å². The highest BCUT2D eigenvalue weighted by molar-refractivity contribution is 7.22. The summed E-state index contributed by atoms with van der Waals surface area (Å²) in [7, 11) is 0. The van der Waals surface area contributed by atoms with Gasteiger partial charge in [0.2, 0.25) is 0 Å². The zero-order valence-electron chi connectivity index (χ0n) is 19.2. The minimum Gasteiger partial charge on any atom is -0.378 e. The van der Waals surface area contributed by atoms with Gasteiger partial charge in [0.15, 0.2) is 11.6 Å². The van der Waals surface area contributed by atoms with Gasteiger partial charge in [-0.15, -0.1) is 11.3 Å². The van der Waals surface area contributed by atoms with Crippen LogP contribution >= 0.6 is 11.3 Å². The molecule has 0 saturated carbocycles. The molecule has 0 unspecified atom stereocenters. The molecule has 9 heteroatoms. The molecule has 1 fully saturated rings. The summed E-state index contributed by atoms with van der Waals surface area (Å²) in [5.41, 5.74) is 4.42. The Morgan fingerprint density at radius 2 is 2.00 bits per heavy atom. The van der Waals surface area contributed by atoms with E-state index in [9.17, 15) is 4.79 Å². The van der Waals surface area contributed by atoms with E-state index in [0.717, 1.165) is 56.0 Å². The molecule has 35 heavy (non-hydrogen) atoms. The summed E-state index contributed by atoms with van der Waals surface area (Å²) in [6.45, 7) is 5.41. The van der Waals surface area contributed by atoms with Crippen molar-refractivity contribution in [1.29, 1.82) is 0 Å². The first-order chi connectivity index (χ1) is 17.2. The van der Waals surface area contributed by atoms with Crippen LogP contribution in [-0.4, -0.2) is 58.9 Å². The number of fused-ring (bicyclic) bond motifs is 2. The van der Waals surface area contributed by atoms with E-state index in [1.807, 2.05) is 55.6 Å². The second kappa shape index (κ2) is 9.09. The number of carbonyl (C=O) groups is 1. The predicted octanol–water partition coefficient (Wildman–Crippen LogP) is 4.49. The molecule has 5 aromatic rings. The van der Waals surface area contributed by atoms with Crippen LogP contribution in [0.4, 0.5) is 5.82 Å². The molecule has 0 aliphatic carbocycles. The van der Waals surface area contributed by atoms with Crippen LogP contribution in [0.5, 0.6) is 0 Å². The summed E-state index contributed by atoms with van der Waals surface area (Å²) in [5.74, 6) is 1.52. The van der Waals surface area contributed by atoms with Gasteiger partial charge in [-0.25, -0.2) is 9.97 Å². The fourth-order valence-electron chi connectivity index (χ4n) is 4.41. The largest absolute Gasteiger partial charge is 0.378 e. The number of anilines is 1. The molecule has 8 nitrogen and oxygen atoms in total. The van der Waals surface area contributed by atoms with Crippen LogP contribution in [0.1, 0.15) is 17.3 Å². The number of thiophene rings is 1. The highest BCUT2D eigenvalue weighted by atomic mass is 32.1. The van der Waals surface area contributed by atoms with E-state index in [-0.39, 0.29) is 5.91 Å². The number of carbonyl (C=O) groups excluding carboxylic acids is 1. The molecule has 0 spiro atoms. The Morgan fingerprint density at radius 1 is 1.14 bits per heavy atom. The van der Waals surface area contributed by atoms with Crippen LogP contribution in [0.15, 0.2) is 54.7 Å². The van der Waals surface area contributed by atoms with E-state index >= 15 is 0 Å². The van der Waals surface area contributed by atoms with Crippen molar-refractivity contribution in [3.63, 3.8) is 0 Å². The molecule has 1 aliphatic heterocycles. The highest BCUT2D eigenvalue weighted by Crippen LogP contribution is 2.39. The van der Waals surface area contributed by atoms with Crippen molar-refractivity contribution >= 4 is 44.2 Å². The normalized spacial score (nSPS) is 14.0. The fraction of sp³-hybridized carbons (Fsp3) is 0.231. The summed E-state index contributed by atoms with van der Waals surface area (Å²) in [5, 5.41) is 11.1. The third kappa shape index (κ3) is 4.02. The second-order valence-corrected chi connectivity index (χ2v) is 9.42. The van der Waals surface area contributed by atoms with E-state index in [1.165, 1.54) is 0 Å². The van der Waals surface area contributed by atoms with Gasteiger partial charge in [0.1, 0.15) is 0 Å². The molecule has 1 aliphatic rings. The molecule has 0 bridgehead atoms. The quantitative estimate of drug-likeness (QED) is 0.382. The van der Waals surface area contributed by atoms with Gasteiger partial charge < -0.3 is 15.0 Å². The van der Waals surface area contributed by atoms with Gasteiger partial charge in [-0.2, -0.15) is 5.10 Å². The Balaban J connectivity index is 1.51. The number of nitrogens with one attached hydrogen (secondary N) is 2. The lowest BCUT2D eigenvalue weighted by Crippen LogP contribution is -2.36. The van der Waals surface area contributed by atoms with E-state index in [0.29, 0.717) is 31.1 Å². The van der Waals surface area contributed by atoms with E-state index in [2.05, 4.69) is 26.5 Å². The van der Waals surface area contributed by atoms with Gasteiger partial charge in [-0.05, 0) is 36.8 Å². The van der Waals surface area contributed by atoms with Gasteiger partial charge in [-0.1, -0.05) is 24.3 Å². The molecule has 3 aromatic heterocycles. The number of aromatic nitrogens is 4. The molecular weight excluding hydrogens is 460 g/mol. The van der Waals surface area contributed by atoms with Crippen LogP contribution in [0.3, 0.4) is 0 Å². The molecule has 2 N–H and O–H groups in total. The zero-order chi connectivity index (χ0) is 23.8. The van der Waals surface area contributed by atoms with Gasteiger partial charge in [0, 0.05) is 41.0 Å². The molecule has 176 valence electrons. The number of hydrogen-bond donors (Lipinski definition) is 2. The number of hydrogen-bond acceptors (Lipinski definition) is 7. The summed E-state index contributed by atoms with van der Waals surface area (Å²) >= 11 is 1.66. The van der Waals surface area contributed by atoms with Gasteiger partial charge in [-0.3, -0.25) is 9.89 Å². The minimum atomic E-state index is -0.0697. The van der Waals surface area contributed by atoms with Crippen LogP contribution in [-0.2, 0) is 4.74 Å². The van der Waals surface area contributed by atoms with Crippen molar-refractivity contribution in [2.24, 2.45) is 0 Å². The Labute approximate surface area is 206 Å². The Kier molecular flexibility index (Phi) is 5.63. The van der Waals surface area contributed by atoms with Crippen LogP contribution in [0, 0.1) is 0 Å². The predicted molar refractivity (Wildman–Crippen MR) is 139 cm³/mol. The number of amides is 1. The first-order valence-electron chi connectivity index (χ1n) is 11.7.